The predicted octanol–water partition coefficient (Wildman–Crippen LogP) is 1.96. The van der Waals surface area contributed by atoms with Crippen molar-refractivity contribution in [1.82, 2.24) is 15.6 Å². The molecule has 2 N–H and O–H groups in total. The van der Waals surface area contributed by atoms with Gasteiger partial charge >= 0.3 is 0 Å². The minimum absolute atomic E-state index is 0.237. The number of pyridine rings is 1. The number of aromatic nitrogens is 1. The summed E-state index contributed by atoms with van der Waals surface area (Å²) in [6.07, 6.45) is 1.63. The highest BCUT2D eigenvalue weighted by molar-refractivity contribution is 6.33. The molecule has 2 rings (SSSR count). The molecule has 6 nitrogen and oxygen atoms in total. The lowest BCUT2D eigenvalue weighted by atomic mass is 10.2. The summed E-state index contributed by atoms with van der Waals surface area (Å²) in [7, 11) is 3.64. The van der Waals surface area contributed by atoms with E-state index in [1.54, 1.807) is 47.5 Å². The Morgan fingerprint density at radius 2 is 1.58 bits per heavy atom. The highest BCUT2D eigenvalue weighted by Gasteiger charge is 2.13. The van der Waals surface area contributed by atoms with Crippen LogP contribution in [-0.4, -0.2) is 44.0 Å². The molecule has 0 aliphatic heterocycles. The zero-order valence-corrected chi connectivity index (χ0v) is 14.3. The van der Waals surface area contributed by atoms with Crippen molar-refractivity contribution in [2.45, 2.75) is 0 Å². The van der Waals surface area contributed by atoms with Crippen molar-refractivity contribution >= 4 is 29.2 Å². The fourth-order valence-electron chi connectivity index (χ4n) is 2.12. The molecule has 0 aliphatic rings. The first-order valence-electron chi connectivity index (χ1n) is 7.44. The lowest BCUT2D eigenvalue weighted by molar-refractivity contribution is 0.0928. The van der Waals surface area contributed by atoms with Crippen LogP contribution in [0.4, 0.5) is 5.82 Å². The molecule has 0 spiro atoms. The van der Waals surface area contributed by atoms with Crippen LogP contribution in [0, 0.1) is 0 Å². The maximum absolute atomic E-state index is 12.2. The zero-order chi connectivity index (χ0) is 17.5. The smallest absolute Gasteiger partial charge is 0.255 e. The molecule has 24 heavy (non-hydrogen) atoms. The Bertz CT molecular complexity index is 734. The van der Waals surface area contributed by atoms with E-state index >= 15 is 0 Å². The summed E-state index contributed by atoms with van der Waals surface area (Å²) in [4.78, 5) is 30.2. The molecule has 0 radical (unpaired) electrons. The molecular formula is C17H19ClN4O2. The number of nitrogens with one attached hydrogen (secondary N) is 2. The fraction of sp³-hybridized carbons (Fsp3) is 0.235. The number of carbonyl (C=O) groups excluding carboxylic acids is 2. The van der Waals surface area contributed by atoms with Gasteiger partial charge in [-0.3, -0.25) is 9.59 Å². The molecule has 0 unspecified atom stereocenters. The van der Waals surface area contributed by atoms with Crippen LogP contribution < -0.4 is 15.5 Å². The average Bonchev–Trinajstić information content (AvgIpc) is 2.58. The van der Waals surface area contributed by atoms with Gasteiger partial charge < -0.3 is 15.5 Å². The zero-order valence-electron chi connectivity index (χ0n) is 13.5. The van der Waals surface area contributed by atoms with Crippen molar-refractivity contribution in [2.75, 3.05) is 32.1 Å². The SMILES string of the molecule is CN(C)c1ncccc1C(=O)NCCNC(=O)c1ccccc1Cl. The van der Waals surface area contributed by atoms with E-state index in [1.165, 1.54) is 0 Å². The summed E-state index contributed by atoms with van der Waals surface area (Å²) in [6, 6.07) is 10.2. The topological polar surface area (TPSA) is 74.3 Å². The van der Waals surface area contributed by atoms with E-state index in [4.69, 9.17) is 11.6 Å². The van der Waals surface area contributed by atoms with Gasteiger partial charge in [-0.05, 0) is 24.3 Å². The van der Waals surface area contributed by atoms with Crippen molar-refractivity contribution < 1.29 is 9.59 Å². The van der Waals surface area contributed by atoms with Crippen molar-refractivity contribution in [3.05, 3.63) is 58.7 Å². The molecule has 2 amide bonds. The fourth-order valence-corrected chi connectivity index (χ4v) is 2.34. The van der Waals surface area contributed by atoms with Crippen LogP contribution in [0.3, 0.4) is 0 Å². The third-order valence-electron chi connectivity index (χ3n) is 3.27. The van der Waals surface area contributed by atoms with Gasteiger partial charge in [0, 0.05) is 33.4 Å². The number of carbonyl (C=O) groups is 2. The van der Waals surface area contributed by atoms with Gasteiger partial charge in [0.2, 0.25) is 0 Å². The van der Waals surface area contributed by atoms with E-state index in [0.29, 0.717) is 35.1 Å². The number of rotatable bonds is 6. The van der Waals surface area contributed by atoms with Gasteiger partial charge in [0.25, 0.3) is 11.8 Å². The molecule has 0 saturated heterocycles. The second kappa shape index (κ2) is 8.31. The quantitative estimate of drug-likeness (QED) is 0.784. The van der Waals surface area contributed by atoms with Gasteiger partial charge in [-0.1, -0.05) is 23.7 Å². The van der Waals surface area contributed by atoms with Crippen LogP contribution >= 0.6 is 11.6 Å². The van der Waals surface area contributed by atoms with Gasteiger partial charge in [-0.25, -0.2) is 4.98 Å². The van der Waals surface area contributed by atoms with E-state index in [1.807, 2.05) is 14.1 Å². The van der Waals surface area contributed by atoms with E-state index < -0.39 is 0 Å². The lowest BCUT2D eigenvalue weighted by Gasteiger charge is -2.15. The van der Waals surface area contributed by atoms with Crippen LogP contribution in [0.15, 0.2) is 42.6 Å². The van der Waals surface area contributed by atoms with Gasteiger partial charge in [-0.2, -0.15) is 0 Å². The van der Waals surface area contributed by atoms with Crippen molar-refractivity contribution in [3.63, 3.8) is 0 Å². The van der Waals surface area contributed by atoms with E-state index in [0.717, 1.165) is 0 Å². The highest BCUT2D eigenvalue weighted by Crippen LogP contribution is 2.15. The first-order chi connectivity index (χ1) is 11.5. The summed E-state index contributed by atoms with van der Waals surface area (Å²) in [5.41, 5.74) is 0.896. The first-order valence-corrected chi connectivity index (χ1v) is 7.81. The van der Waals surface area contributed by atoms with Crippen molar-refractivity contribution in [2.24, 2.45) is 0 Å². The number of nitrogens with zero attached hydrogens (tertiary/aromatic N) is 2. The number of hydrogen-bond acceptors (Lipinski definition) is 4. The molecule has 2 aromatic rings. The van der Waals surface area contributed by atoms with E-state index in [2.05, 4.69) is 15.6 Å². The third kappa shape index (κ3) is 4.45. The summed E-state index contributed by atoms with van der Waals surface area (Å²) in [5.74, 6) is 0.0825. The first kappa shape index (κ1) is 17.7. The predicted molar refractivity (Wildman–Crippen MR) is 94.7 cm³/mol. The number of anilines is 1. The molecule has 0 saturated carbocycles. The third-order valence-corrected chi connectivity index (χ3v) is 3.60. The van der Waals surface area contributed by atoms with E-state index in [9.17, 15) is 9.59 Å². The number of amides is 2. The number of benzene rings is 1. The van der Waals surface area contributed by atoms with Crippen LogP contribution in [0.1, 0.15) is 20.7 Å². The molecule has 1 heterocycles. The minimum atomic E-state index is -0.273. The van der Waals surface area contributed by atoms with Crippen molar-refractivity contribution in [3.8, 4) is 0 Å². The Hall–Kier alpha value is -2.60. The summed E-state index contributed by atoms with van der Waals surface area (Å²) >= 11 is 5.97. The summed E-state index contributed by atoms with van der Waals surface area (Å²) in [6.45, 7) is 0.601. The summed E-state index contributed by atoms with van der Waals surface area (Å²) < 4.78 is 0. The minimum Gasteiger partial charge on any atom is -0.362 e. The monoisotopic (exact) mass is 346 g/mol. The van der Waals surface area contributed by atoms with Gasteiger partial charge in [-0.15, -0.1) is 0 Å². The van der Waals surface area contributed by atoms with Crippen LogP contribution in [-0.2, 0) is 0 Å². The number of halogens is 1. The molecule has 0 fully saturated rings. The van der Waals surface area contributed by atoms with Crippen LogP contribution in [0.25, 0.3) is 0 Å². The normalized spacial score (nSPS) is 10.1. The Morgan fingerprint density at radius 1 is 1.00 bits per heavy atom. The Labute approximate surface area is 145 Å². The Balaban J connectivity index is 1.86. The van der Waals surface area contributed by atoms with Gasteiger partial charge in [0.1, 0.15) is 5.82 Å². The van der Waals surface area contributed by atoms with E-state index in [-0.39, 0.29) is 11.8 Å². The summed E-state index contributed by atoms with van der Waals surface area (Å²) in [5, 5.41) is 5.88. The molecular weight excluding hydrogens is 328 g/mol. The average molecular weight is 347 g/mol. The van der Waals surface area contributed by atoms with Gasteiger partial charge in [0.15, 0.2) is 0 Å². The molecule has 0 atom stereocenters. The Morgan fingerprint density at radius 3 is 2.21 bits per heavy atom. The highest BCUT2D eigenvalue weighted by atomic mass is 35.5. The molecule has 1 aromatic heterocycles. The van der Waals surface area contributed by atoms with Gasteiger partial charge in [0.05, 0.1) is 16.1 Å². The van der Waals surface area contributed by atoms with Crippen molar-refractivity contribution in [1.29, 1.82) is 0 Å². The lowest BCUT2D eigenvalue weighted by Crippen LogP contribution is -2.35. The molecule has 126 valence electrons. The second-order valence-electron chi connectivity index (χ2n) is 5.26. The standard InChI is InChI=1S/C17H19ClN4O2/c1-22(2)15-13(7-5-9-19-15)17(24)21-11-10-20-16(23)12-6-3-4-8-14(12)18/h3-9H,10-11H2,1-2H3,(H,20,23)(H,21,24). The molecule has 0 aliphatic carbocycles. The number of hydrogen-bond donors (Lipinski definition) is 2. The largest absolute Gasteiger partial charge is 0.362 e. The second-order valence-corrected chi connectivity index (χ2v) is 5.67. The van der Waals surface area contributed by atoms with Crippen LogP contribution in [0.5, 0.6) is 0 Å². The maximum Gasteiger partial charge on any atom is 0.255 e. The molecule has 1 aromatic carbocycles. The Kier molecular flexibility index (Phi) is 6.14. The maximum atomic E-state index is 12.2. The van der Waals surface area contributed by atoms with Crippen LogP contribution in [0.2, 0.25) is 5.02 Å². The molecule has 0 bridgehead atoms. The molecule has 7 heteroatoms.